The normalized spacial score (nSPS) is 13.8. The number of Topliss-reactive ketones (excluding diaryl/α,β-unsaturated/α-hetero) is 1. The largest absolute Gasteiger partial charge is 0.480 e. The molecular formula is C13H19N3O3. The lowest BCUT2D eigenvalue weighted by molar-refractivity contribution is -0.138. The first-order valence-electron chi connectivity index (χ1n) is 6.06. The molecule has 1 aromatic rings. The van der Waals surface area contributed by atoms with E-state index in [0.29, 0.717) is 30.5 Å². The Balaban J connectivity index is 2.50. The molecule has 0 spiro atoms. The summed E-state index contributed by atoms with van der Waals surface area (Å²) in [5.74, 6) is -1.28. The number of nitrogens with two attached hydrogens (primary N) is 3. The van der Waals surface area contributed by atoms with E-state index >= 15 is 0 Å². The van der Waals surface area contributed by atoms with Crippen molar-refractivity contribution >= 4 is 17.4 Å². The molecule has 6 heteroatoms. The number of benzene rings is 1. The maximum atomic E-state index is 12.0. The summed E-state index contributed by atoms with van der Waals surface area (Å²) >= 11 is 0. The number of carboxylic acids is 1. The smallest absolute Gasteiger partial charge is 0.320 e. The van der Waals surface area contributed by atoms with E-state index in [0.717, 1.165) is 0 Å². The van der Waals surface area contributed by atoms with Gasteiger partial charge in [0, 0.05) is 11.3 Å². The molecule has 7 N–H and O–H groups in total. The number of aliphatic carboxylic acids is 1. The van der Waals surface area contributed by atoms with Crippen LogP contribution in [0.15, 0.2) is 24.3 Å². The molecule has 0 amide bonds. The summed E-state index contributed by atoms with van der Waals surface area (Å²) in [4.78, 5) is 22.6. The number of nitrogen functional groups attached to an aromatic ring is 1. The molecule has 1 unspecified atom stereocenters. The molecule has 0 fully saturated rings. The summed E-state index contributed by atoms with van der Waals surface area (Å²) in [5, 5.41) is 8.63. The lowest BCUT2D eigenvalue weighted by Gasteiger charge is -2.13. The van der Waals surface area contributed by atoms with E-state index in [1.807, 2.05) is 0 Å². The van der Waals surface area contributed by atoms with E-state index in [2.05, 4.69) is 0 Å². The summed E-state index contributed by atoms with van der Waals surface area (Å²) in [6.07, 6.45) is 1.15. The predicted molar refractivity (Wildman–Crippen MR) is 72.6 cm³/mol. The van der Waals surface area contributed by atoms with Crippen LogP contribution in [0.5, 0.6) is 0 Å². The lowest BCUT2D eigenvalue weighted by Crippen LogP contribution is -2.33. The predicted octanol–water partition coefficient (Wildman–Crippen LogP) is 0.361. The Morgan fingerprint density at radius 1 is 1.11 bits per heavy atom. The van der Waals surface area contributed by atoms with Crippen molar-refractivity contribution in [3.8, 4) is 0 Å². The SMILES string of the molecule is Nc1ccccc1C(=O)C(N)CCC[C@H](N)C(=O)O. The van der Waals surface area contributed by atoms with E-state index in [1.54, 1.807) is 24.3 Å². The van der Waals surface area contributed by atoms with Crippen molar-refractivity contribution in [2.24, 2.45) is 11.5 Å². The number of hydrogen-bond donors (Lipinski definition) is 4. The summed E-state index contributed by atoms with van der Waals surface area (Å²) in [5.41, 5.74) is 17.7. The van der Waals surface area contributed by atoms with Gasteiger partial charge in [0.05, 0.1) is 6.04 Å². The molecule has 0 aliphatic rings. The first-order valence-corrected chi connectivity index (χ1v) is 6.06. The number of carbonyl (C=O) groups is 2. The highest BCUT2D eigenvalue weighted by molar-refractivity contribution is 6.04. The minimum Gasteiger partial charge on any atom is -0.480 e. The molecular weight excluding hydrogens is 246 g/mol. The Kier molecular flexibility index (Phi) is 5.47. The van der Waals surface area contributed by atoms with Gasteiger partial charge in [-0.3, -0.25) is 9.59 Å². The van der Waals surface area contributed by atoms with Gasteiger partial charge in [0.1, 0.15) is 6.04 Å². The summed E-state index contributed by atoms with van der Waals surface area (Å²) in [6.45, 7) is 0. The van der Waals surface area contributed by atoms with Crippen LogP contribution in [-0.2, 0) is 4.79 Å². The van der Waals surface area contributed by atoms with Crippen molar-refractivity contribution in [1.82, 2.24) is 0 Å². The molecule has 0 aromatic heterocycles. The van der Waals surface area contributed by atoms with Gasteiger partial charge in [-0.25, -0.2) is 0 Å². The minimum absolute atomic E-state index is 0.234. The van der Waals surface area contributed by atoms with Gasteiger partial charge in [-0.1, -0.05) is 12.1 Å². The third-order valence-corrected chi connectivity index (χ3v) is 2.91. The highest BCUT2D eigenvalue weighted by atomic mass is 16.4. The van der Waals surface area contributed by atoms with Crippen LogP contribution in [0.1, 0.15) is 29.6 Å². The van der Waals surface area contributed by atoms with Crippen molar-refractivity contribution < 1.29 is 14.7 Å². The van der Waals surface area contributed by atoms with Gasteiger partial charge >= 0.3 is 5.97 Å². The molecule has 2 atom stereocenters. The zero-order valence-corrected chi connectivity index (χ0v) is 10.6. The van der Waals surface area contributed by atoms with Crippen molar-refractivity contribution in [3.05, 3.63) is 29.8 Å². The maximum Gasteiger partial charge on any atom is 0.320 e. The molecule has 0 saturated heterocycles. The van der Waals surface area contributed by atoms with Gasteiger partial charge in [-0.2, -0.15) is 0 Å². The molecule has 0 heterocycles. The fourth-order valence-electron chi connectivity index (χ4n) is 1.73. The number of rotatable bonds is 7. The van der Waals surface area contributed by atoms with Crippen LogP contribution in [-0.4, -0.2) is 28.9 Å². The van der Waals surface area contributed by atoms with E-state index in [4.69, 9.17) is 22.3 Å². The molecule has 0 bridgehead atoms. The minimum atomic E-state index is -1.05. The van der Waals surface area contributed by atoms with Gasteiger partial charge in [0.25, 0.3) is 0 Å². The molecule has 1 rings (SSSR count). The Morgan fingerprint density at radius 2 is 1.68 bits per heavy atom. The Bertz CT molecular complexity index is 462. The number of carboxylic acid groups (broad SMARTS) is 1. The highest BCUT2D eigenvalue weighted by Crippen LogP contribution is 2.14. The average Bonchev–Trinajstić information content (AvgIpc) is 2.38. The second kappa shape index (κ2) is 6.86. The van der Waals surface area contributed by atoms with Crippen molar-refractivity contribution in [1.29, 1.82) is 0 Å². The van der Waals surface area contributed by atoms with Crippen LogP contribution in [0.4, 0.5) is 5.69 Å². The zero-order valence-electron chi connectivity index (χ0n) is 10.6. The quantitative estimate of drug-likeness (QED) is 0.415. The van der Waals surface area contributed by atoms with E-state index < -0.39 is 18.1 Å². The monoisotopic (exact) mass is 265 g/mol. The molecule has 0 radical (unpaired) electrons. The summed E-state index contributed by atoms with van der Waals surface area (Å²) in [6, 6.07) is 5.12. The van der Waals surface area contributed by atoms with Crippen molar-refractivity contribution in [2.45, 2.75) is 31.3 Å². The van der Waals surface area contributed by atoms with E-state index in [-0.39, 0.29) is 5.78 Å². The third-order valence-electron chi connectivity index (χ3n) is 2.91. The van der Waals surface area contributed by atoms with Gasteiger partial charge in [0.15, 0.2) is 5.78 Å². The number of hydrogen-bond acceptors (Lipinski definition) is 5. The van der Waals surface area contributed by atoms with Gasteiger partial charge < -0.3 is 22.3 Å². The van der Waals surface area contributed by atoms with Crippen LogP contribution in [0.3, 0.4) is 0 Å². The van der Waals surface area contributed by atoms with Crippen LogP contribution in [0.25, 0.3) is 0 Å². The number of carbonyl (C=O) groups excluding carboxylic acids is 1. The Labute approximate surface area is 111 Å². The van der Waals surface area contributed by atoms with Gasteiger partial charge in [-0.05, 0) is 31.4 Å². The Morgan fingerprint density at radius 3 is 2.26 bits per heavy atom. The second-order valence-electron chi connectivity index (χ2n) is 4.43. The first kappa shape index (κ1) is 15.1. The molecule has 104 valence electrons. The fourth-order valence-corrected chi connectivity index (χ4v) is 1.73. The van der Waals surface area contributed by atoms with Crippen LogP contribution < -0.4 is 17.2 Å². The topological polar surface area (TPSA) is 132 Å². The fraction of sp³-hybridized carbons (Fsp3) is 0.385. The standard InChI is InChI=1S/C13H19N3O3/c14-9-5-2-1-4-8(9)12(17)10(15)6-3-7-11(16)13(18)19/h1-2,4-5,10-11H,3,6-7,14-16H2,(H,18,19)/t10?,11-/m0/s1. The lowest BCUT2D eigenvalue weighted by atomic mass is 9.98. The molecule has 0 saturated carbocycles. The van der Waals surface area contributed by atoms with Crippen LogP contribution in [0.2, 0.25) is 0 Å². The van der Waals surface area contributed by atoms with Crippen LogP contribution >= 0.6 is 0 Å². The van der Waals surface area contributed by atoms with Gasteiger partial charge in [-0.15, -0.1) is 0 Å². The number of para-hydroxylation sites is 1. The van der Waals surface area contributed by atoms with Crippen molar-refractivity contribution in [3.63, 3.8) is 0 Å². The molecule has 6 nitrogen and oxygen atoms in total. The van der Waals surface area contributed by atoms with E-state index in [9.17, 15) is 9.59 Å². The second-order valence-corrected chi connectivity index (χ2v) is 4.43. The maximum absolute atomic E-state index is 12.0. The number of ketones is 1. The van der Waals surface area contributed by atoms with Crippen molar-refractivity contribution in [2.75, 3.05) is 5.73 Å². The summed E-state index contributed by atoms with van der Waals surface area (Å²) in [7, 11) is 0. The molecule has 0 aliphatic heterocycles. The Hall–Kier alpha value is -1.92. The third kappa shape index (κ3) is 4.35. The highest BCUT2D eigenvalue weighted by Gasteiger charge is 2.18. The molecule has 19 heavy (non-hydrogen) atoms. The van der Waals surface area contributed by atoms with Crippen LogP contribution in [0, 0.1) is 0 Å². The number of anilines is 1. The zero-order chi connectivity index (χ0) is 14.4. The van der Waals surface area contributed by atoms with E-state index in [1.165, 1.54) is 0 Å². The average molecular weight is 265 g/mol. The molecule has 0 aliphatic carbocycles. The molecule has 1 aromatic carbocycles. The van der Waals surface area contributed by atoms with Gasteiger partial charge in [0.2, 0.25) is 0 Å². The summed E-state index contributed by atoms with van der Waals surface area (Å²) < 4.78 is 0. The first-order chi connectivity index (χ1) is 8.93.